The van der Waals surface area contributed by atoms with Crippen molar-refractivity contribution in [3.05, 3.63) is 47.7 Å². The molecule has 0 unspecified atom stereocenters. The highest BCUT2D eigenvalue weighted by atomic mass is 16.5. The molecule has 2 aromatic rings. The predicted octanol–water partition coefficient (Wildman–Crippen LogP) is 2.19. The summed E-state index contributed by atoms with van der Waals surface area (Å²) >= 11 is 0. The van der Waals surface area contributed by atoms with Crippen LogP contribution >= 0.6 is 0 Å². The number of benzene rings is 1. The molecule has 1 heterocycles. The molecule has 1 aromatic carbocycles. The van der Waals surface area contributed by atoms with E-state index in [0.29, 0.717) is 24.6 Å². The lowest BCUT2D eigenvalue weighted by Gasteiger charge is -2.07. The first kappa shape index (κ1) is 13.0. The van der Waals surface area contributed by atoms with Crippen LogP contribution in [0.25, 0.3) is 0 Å². The number of aromatic nitrogens is 2. The van der Waals surface area contributed by atoms with E-state index in [4.69, 9.17) is 4.74 Å². The van der Waals surface area contributed by atoms with Crippen LogP contribution in [0.15, 0.2) is 36.5 Å². The molecule has 0 bridgehead atoms. The molecule has 2 rings (SSSR count). The third-order valence-electron chi connectivity index (χ3n) is 2.67. The standard InChI is InChI=1S/C14H15N3O2/c1-2-11-3-5-12(6-4-11)9-19-13-7-14(15-10-18)17-16-8-13/h3-8,10H,2,9H2,1H3,(H,15,17,18). The number of amides is 1. The summed E-state index contributed by atoms with van der Waals surface area (Å²) in [5, 5.41) is 9.91. The molecule has 0 spiro atoms. The largest absolute Gasteiger partial charge is 0.487 e. The lowest BCUT2D eigenvalue weighted by atomic mass is 10.1. The molecule has 0 saturated heterocycles. The number of nitrogens with one attached hydrogen (secondary N) is 1. The maximum atomic E-state index is 10.3. The summed E-state index contributed by atoms with van der Waals surface area (Å²) in [6.07, 6.45) is 3.09. The van der Waals surface area contributed by atoms with Crippen LogP contribution in [0.5, 0.6) is 5.75 Å². The number of hydrogen-bond acceptors (Lipinski definition) is 4. The molecule has 1 aromatic heterocycles. The third kappa shape index (κ3) is 3.77. The van der Waals surface area contributed by atoms with Crippen molar-refractivity contribution in [2.75, 3.05) is 5.32 Å². The molecule has 0 fully saturated rings. The molecule has 5 heteroatoms. The van der Waals surface area contributed by atoms with E-state index < -0.39 is 0 Å². The number of nitrogens with zero attached hydrogens (tertiary/aromatic N) is 2. The summed E-state index contributed by atoms with van der Waals surface area (Å²) in [6.45, 7) is 2.58. The first-order valence-corrected chi connectivity index (χ1v) is 6.05. The molecule has 1 amide bonds. The number of rotatable bonds is 6. The summed E-state index contributed by atoms with van der Waals surface area (Å²) in [4.78, 5) is 10.3. The first-order chi connectivity index (χ1) is 9.31. The number of ether oxygens (including phenoxy) is 1. The number of carbonyl (C=O) groups excluding carboxylic acids is 1. The Kier molecular flexibility index (Phi) is 4.44. The lowest BCUT2D eigenvalue weighted by molar-refractivity contribution is -0.105. The van der Waals surface area contributed by atoms with Gasteiger partial charge in [0.1, 0.15) is 12.4 Å². The van der Waals surface area contributed by atoms with E-state index in [-0.39, 0.29) is 0 Å². The number of hydrogen-bond donors (Lipinski definition) is 1. The Morgan fingerprint density at radius 2 is 2.00 bits per heavy atom. The van der Waals surface area contributed by atoms with Crippen molar-refractivity contribution < 1.29 is 9.53 Å². The van der Waals surface area contributed by atoms with Gasteiger partial charge >= 0.3 is 0 Å². The van der Waals surface area contributed by atoms with Crippen molar-refractivity contribution in [3.8, 4) is 5.75 Å². The van der Waals surface area contributed by atoms with Gasteiger partial charge in [-0.25, -0.2) is 0 Å². The quantitative estimate of drug-likeness (QED) is 0.806. The lowest BCUT2D eigenvalue weighted by Crippen LogP contribution is -2.01. The van der Waals surface area contributed by atoms with Crippen LogP contribution in [-0.2, 0) is 17.8 Å². The molecule has 0 saturated carbocycles. The average Bonchev–Trinajstić information content (AvgIpc) is 2.46. The maximum absolute atomic E-state index is 10.3. The van der Waals surface area contributed by atoms with Gasteiger partial charge in [0.25, 0.3) is 0 Å². The van der Waals surface area contributed by atoms with Gasteiger partial charge in [0, 0.05) is 6.07 Å². The Balaban J connectivity index is 1.97. The van der Waals surface area contributed by atoms with E-state index >= 15 is 0 Å². The summed E-state index contributed by atoms with van der Waals surface area (Å²) in [7, 11) is 0. The van der Waals surface area contributed by atoms with Gasteiger partial charge in [-0.2, -0.15) is 5.10 Å². The minimum Gasteiger partial charge on any atom is -0.487 e. The second-order valence-electron chi connectivity index (χ2n) is 4.00. The van der Waals surface area contributed by atoms with Crippen molar-refractivity contribution in [1.29, 1.82) is 0 Å². The topological polar surface area (TPSA) is 64.1 Å². The molecule has 1 N–H and O–H groups in total. The number of aryl methyl sites for hydroxylation is 1. The van der Waals surface area contributed by atoms with Crippen LogP contribution < -0.4 is 10.1 Å². The fraction of sp³-hybridized carbons (Fsp3) is 0.214. The van der Waals surface area contributed by atoms with E-state index in [0.717, 1.165) is 12.0 Å². The zero-order valence-corrected chi connectivity index (χ0v) is 10.7. The smallest absolute Gasteiger partial charge is 0.212 e. The van der Waals surface area contributed by atoms with E-state index in [9.17, 15) is 4.79 Å². The Hall–Kier alpha value is -2.43. The number of anilines is 1. The van der Waals surface area contributed by atoms with E-state index in [2.05, 4.69) is 34.6 Å². The van der Waals surface area contributed by atoms with Gasteiger partial charge in [0.15, 0.2) is 5.82 Å². The second kappa shape index (κ2) is 6.49. The molecule has 98 valence electrons. The summed E-state index contributed by atoms with van der Waals surface area (Å²) < 4.78 is 5.59. The molecule has 5 nitrogen and oxygen atoms in total. The Labute approximate surface area is 111 Å². The summed E-state index contributed by atoms with van der Waals surface area (Å²) in [6, 6.07) is 9.88. The minimum atomic E-state index is 0.369. The fourth-order valence-electron chi connectivity index (χ4n) is 1.60. The average molecular weight is 257 g/mol. The molecule has 0 aliphatic carbocycles. The molecule has 19 heavy (non-hydrogen) atoms. The molecular formula is C14H15N3O2. The Bertz CT molecular complexity index is 541. The highest BCUT2D eigenvalue weighted by Crippen LogP contribution is 2.14. The zero-order chi connectivity index (χ0) is 13.5. The Morgan fingerprint density at radius 1 is 1.26 bits per heavy atom. The van der Waals surface area contributed by atoms with Crippen LogP contribution in [0.1, 0.15) is 18.1 Å². The molecule has 0 radical (unpaired) electrons. The summed E-state index contributed by atoms with van der Waals surface area (Å²) in [5.74, 6) is 0.938. The van der Waals surface area contributed by atoms with E-state index in [1.165, 1.54) is 11.8 Å². The van der Waals surface area contributed by atoms with E-state index in [1.54, 1.807) is 6.07 Å². The monoisotopic (exact) mass is 257 g/mol. The highest BCUT2D eigenvalue weighted by molar-refractivity contribution is 5.68. The molecule has 0 aliphatic heterocycles. The van der Waals surface area contributed by atoms with Gasteiger partial charge in [-0.3, -0.25) is 4.79 Å². The van der Waals surface area contributed by atoms with Gasteiger partial charge in [0.05, 0.1) is 6.20 Å². The van der Waals surface area contributed by atoms with Crippen LogP contribution in [0, 0.1) is 0 Å². The van der Waals surface area contributed by atoms with Crippen LogP contribution in [-0.4, -0.2) is 16.6 Å². The second-order valence-corrected chi connectivity index (χ2v) is 4.00. The summed E-state index contributed by atoms with van der Waals surface area (Å²) in [5.41, 5.74) is 2.38. The Morgan fingerprint density at radius 3 is 2.68 bits per heavy atom. The highest BCUT2D eigenvalue weighted by Gasteiger charge is 2.00. The van der Waals surface area contributed by atoms with Crippen molar-refractivity contribution in [3.63, 3.8) is 0 Å². The van der Waals surface area contributed by atoms with Gasteiger partial charge in [-0.1, -0.05) is 31.2 Å². The van der Waals surface area contributed by atoms with Crippen molar-refractivity contribution >= 4 is 12.2 Å². The van der Waals surface area contributed by atoms with Crippen molar-refractivity contribution in [2.45, 2.75) is 20.0 Å². The third-order valence-corrected chi connectivity index (χ3v) is 2.67. The van der Waals surface area contributed by atoms with Gasteiger partial charge < -0.3 is 10.1 Å². The molecular weight excluding hydrogens is 242 g/mol. The predicted molar refractivity (Wildman–Crippen MR) is 71.9 cm³/mol. The van der Waals surface area contributed by atoms with Crippen LogP contribution in [0.4, 0.5) is 5.82 Å². The van der Waals surface area contributed by atoms with Crippen LogP contribution in [0.3, 0.4) is 0 Å². The van der Waals surface area contributed by atoms with Crippen molar-refractivity contribution in [2.24, 2.45) is 0 Å². The van der Waals surface area contributed by atoms with E-state index in [1.807, 2.05) is 12.1 Å². The van der Waals surface area contributed by atoms with Gasteiger partial charge in [-0.05, 0) is 17.5 Å². The van der Waals surface area contributed by atoms with Crippen LogP contribution in [0.2, 0.25) is 0 Å². The fourth-order valence-corrected chi connectivity index (χ4v) is 1.60. The molecule has 0 aliphatic rings. The van der Waals surface area contributed by atoms with Gasteiger partial charge in [-0.15, -0.1) is 5.10 Å². The zero-order valence-electron chi connectivity index (χ0n) is 10.7. The van der Waals surface area contributed by atoms with Crippen molar-refractivity contribution in [1.82, 2.24) is 10.2 Å². The molecule has 0 atom stereocenters. The normalized spacial score (nSPS) is 9.95. The van der Waals surface area contributed by atoms with Gasteiger partial charge in [0.2, 0.25) is 6.41 Å². The minimum absolute atomic E-state index is 0.369. The SMILES string of the molecule is CCc1ccc(COc2cnnc(NC=O)c2)cc1. The maximum Gasteiger partial charge on any atom is 0.212 e. The first-order valence-electron chi connectivity index (χ1n) is 6.05. The number of carbonyl (C=O) groups is 1.